The van der Waals surface area contributed by atoms with E-state index in [4.69, 9.17) is 16.3 Å². The number of carbonyl (C=O) groups excluding carboxylic acids is 2. The Morgan fingerprint density at radius 2 is 1.74 bits per heavy atom. The van der Waals surface area contributed by atoms with Crippen LogP contribution in [0.15, 0.2) is 82.2 Å². The van der Waals surface area contributed by atoms with Gasteiger partial charge in [-0.15, -0.1) is 0 Å². The number of nitrogens with one attached hydrogen (secondary N) is 1. The van der Waals surface area contributed by atoms with Crippen LogP contribution in [0.1, 0.15) is 44.6 Å². The lowest BCUT2D eigenvalue weighted by Gasteiger charge is -2.33. The fourth-order valence-electron chi connectivity index (χ4n) is 5.07. The van der Waals surface area contributed by atoms with Crippen molar-refractivity contribution in [3.8, 4) is 5.75 Å². The number of rotatable bonds is 11. The SMILES string of the molecule is COc1ccc(Cl)cc1N(CC(=O)N(Cc1cccc(Br)c1)[C@@H](C)C(=O)NC1CCCCC1)S(=O)(=O)c1ccccc1. The second-order valence-corrected chi connectivity index (χ2v) is 13.5. The summed E-state index contributed by atoms with van der Waals surface area (Å²) in [6.45, 7) is 1.19. The first-order chi connectivity index (χ1) is 20.1. The first kappa shape index (κ1) is 31.8. The second-order valence-electron chi connectivity index (χ2n) is 10.3. The van der Waals surface area contributed by atoms with Crippen LogP contribution < -0.4 is 14.4 Å². The Bertz CT molecular complexity index is 1500. The van der Waals surface area contributed by atoms with E-state index >= 15 is 0 Å². The van der Waals surface area contributed by atoms with Gasteiger partial charge in [0, 0.05) is 22.1 Å². The predicted octanol–water partition coefficient (Wildman–Crippen LogP) is 6.17. The van der Waals surface area contributed by atoms with Gasteiger partial charge < -0.3 is 15.0 Å². The highest BCUT2D eigenvalue weighted by atomic mass is 79.9. The van der Waals surface area contributed by atoms with Crippen LogP contribution in [0, 0.1) is 0 Å². The standard InChI is InChI=1S/C31H35BrClN3O5S/c1-22(31(38)34-26-12-5-3-6-13-26)35(20-23-10-9-11-24(32)18-23)30(37)21-36(28-19-25(33)16-17-29(28)41-2)42(39,40)27-14-7-4-8-15-27/h4,7-11,14-19,22,26H,3,5-6,12-13,20-21H2,1-2H3,(H,34,38)/t22-/m0/s1. The van der Waals surface area contributed by atoms with E-state index in [1.165, 1.54) is 30.2 Å². The molecule has 4 rings (SSSR count). The average molecular weight is 677 g/mol. The molecule has 0 aromatic heterocycles. The number of ether oxygens (including phenoxy) is 1. The maximum absolute atomic E-state index is 14.2. The Morgan fingerprint density at radius 3 is 2.40 bits per heavy atom. The molecule has 0 bridgehead atoms. The Labute approximate surface area is 261 Å². The van der Waals surface area contributed by atoms with E-state index in [-0.39, 0.29) is 39.8 Å². The van der Waals surface area contributed by atoms with Gasteiger partial charge in [0.15, 0.2) is 0 Å². The van der Waals surface area contributed by atoms with Gasteiger partial charge in [-0.2, -0.15) is 0 Å². The van der Waals surface area contributed by atoms with E-state index in [0.29, 0.717) is 0 Å². The van der Waals surface area contributed by atoms with Crippen LogP contribution in [0.25, 0.3) is 0 Å². The van der Waals surface area contributed by atoms with Crippen molar-refractivity contribution < 1.29 is 22.7 Å². The van der Waals surface area contributed by atoms with Crippen molar-refractivity contribution in [1.82, 2.24) is 10.2 Å². The number of hydrogen-bond acceptors (Lipinski definition) is 5. The van der Waals surface area contributed by atoms with Crippen molar-refractivity contribution in [1.29, 1.82) is 0 Å². The van der Waals surface area contributed by atoms with Crippen molar-refractivity contribution in [2.75, 3.05) is 18.0 Å². The monoisotopic (exact) mass is 675 g/mol. The molecule has 3 aromatic rings. The zero-order valence-electron chi connectivity index (χ0n) is 23.6. The van der Waals surface area contributed by atoms with Crippen molar-refractivity contribution in [3.05, 3.63) is 87.9 Å². The molecule has 1 fully saturated rings. The van der Waals surface area contributed by atoms with E-state index in [1.807, 2.05) is 24.3 Å². The molecule has 3 aromatic carbocycles. The van der Waals surface area contributed by atoms with Gasteiger partial charge in [0.05, 0.1) is 17.7 Å². The first-order valence-electron chi connectivity index (χ1n) is 13.9. The Hall–Kier alpha value is -3.08. The number of amides is 2. The van der Waals surface area contributed by atoms with E-state index in [1.54, 1.807) is 37.3 Å². The lowest BCUT2D eigenvalue weighted by Crippen LogP contribution is -2.53. The molecule has 224 valence electrons. The summed E-state index contributed by atoms with van der Waals surface area (Å²) in [7, 11) is -2.83. The number of anilines is 1. The molecule has 1 saturated carbocycles. The Balaban J connectivity index is 1.72. The van der Waals surface area contributed by atoms with Gasteiger partial charge in [-0.25, -0.2) is 8.42 Å². The zero-order valence-corrected chi connectivity index (χ0v) is 26.8. The molecule has 0 saturated heterocycles. The van der Waals surface area contributed by atoms with Crippen LogP contribution in [0.3, 0.4) is 0 Å². The average Bonchev–Trinajstić information content (AvgIpc) is 2.99. The molecule has 1 aliphatic carbocycles. The highest BCUT2D eigenvalue weighted by molar-refractivity contribution is 9.10. The number of nitrogens with zero attached hydrogens (tertiary/aromatic N) is 2. The topological polar surface area (TPSA) is 96.0 Å². The maximum Gasteiger partial charge on any atom is 0.264 e. The predicted molar refractivity (Wildman–Crippen MR) is 168 cm³/mol. The molecule has 0 heterocycles. The van der Waals surface area contributed by atoms with Gasteiger partial charge in [0.25, 0.3) is 10.0 Å². The van der Waals surface area contributed by atoms with Crippen molar-refractivity contribution >= 4 is 55.1 Å². The summed E-state index contributed by atoms with van der Waals surface area (Å²) in [5, 5.41) is 3.38. The smallest absolute Gasteiger partial charge is 0.264 e. The first-order valence-corrected chi connectivity index (χ1v) is 16.5. The number of halogens is 2. The van der Waals surface area contributed by atoms with E-state index in [9.17, 15) is 18.0 Å². The summed E-state index contributed by atoms with van der Waals surface area (Å²) in [5.41, 5.74) is 0.900. The highest BCUT2D eigenvalue weighted by Gasteiger charge is 2.34. The third kappa shape index (κ3) is 7.85. The highest BCUT2D eigenvalue weighted by Crippen LogP contribution is 2.35. The minimum atomic E-state index is -4.24. The Morgan fingerprint density at radius 1 is 1.02 bits per heavy atom. The third-order valence-corrected chi connectivity index (χ3v) is 9.88. The molecule has 0 spiro atoms. The molecule has 0 radical (unpaired) electrons. The summed E-state index contributed by atoms with van der Waals surface area (Å²) in [6.07, 6.45) is 5.04. The molecule has 2 amide bonds. The van der Waals surface area contributed by atoms with Gasteiger partial charge in [-0.3, -0.25) is 13.9 Å². The Kier molecular flexibility index (Phi) is 10.9. The fraction of sp³-hybridized carbons (Fsp3) is 0.355. The summed E-state index contributed by atoms with van der Waals surface area (Å²) < 4.78 is 35.3. The number of carbonyl (C=O) groups is 2. The molecule has 42 heavy (non-hydrogen) atoms. The van der Waals surface area contributed by atoms with Crippen LogP contribution >= 0.6 is 27.5 Å². The zero-order chi connectivity index (χ0) is 30.3. The van der Waals surface area contributed by atoms with E-state index in [2.05, 4.69) is 21.2 Å². The van der Waals surface area contributed by atoms with E-state index in [0.717, 1.165) is 46.4 Å². The van der Waals surface area contributed by atoms with Gasteiger partial charge in [-0.1, -0.05) is 77.1 Å². The van der Waals surface area contributed by atoms with Gasteiger partial charge >= 0.3 is 0 Å². The van der Waals surface area contributed by atoms with Crippen molar-refractivity contribution in [3.63, 3.8) is 0 Å². The molecule has 1 N–H and O–H groups in total. The minimum Gasteiger partial charge on any atom is -0.495 e. The molecule has 11 heteroatoms. The van der Waals surface area contributed by atoms with Crippen LogP contribution in [-0.4, -0.2) is 50.9 Å². The molecule has 8 nitrogen and oxygen atoms in total. The number of benzene rings is 3. The largest absolute Gasteiger partial charge is 0.495 e. The normalized spacial score (nSPS) is 14.6. The van der Waals surface area contributed by atoms with Crippen LogP contribution in [0.4, 0.5) is 5.69 Å². The van der Waals surface area contributed by atoms with Crippen molar-refractivity contribution in [2.24, 2.45) is 0 Å². The molecular weight excluding hydrogens is 642 g/mol. The maximum atomic E-state index is 14.2. The van der Waals surface area contributed by atoms with Gasteiger partial charge in [0.2, 0.25) is 11.8 Å². The molecular formula is C31H35BrClN3O5S. The minimum absolute atomic E-state index is 0.00135. The molecule has 1 atom stereocenters. The van der Waals surface area contributed by atoms with Gasteiger partial charge in [-0.05, 0) is 67.8 Å². The molecule has 1 aliphatic rings. The summed E-state index contributed by atoms with van der Waals surface area (Å²) in [5.74, 6) is -0.598. The third-order valence-electron chi connectivity index (χ3n) is 7.38. The van der Waals surface area contributed by atoms with Crippen LogP contribution in [0.5, 0.6) is 5.75 Å². The van der Waals surface area contributed by atoms with Gasteiger partial charge in [0.1, 0.15) is 18.3 Å². The lowest BCUT2D eigenvalue weighted by molar-refractivity contribution is -0.139. The quantitative estimate of drug-likeness (QED) is 0.262. The summed E-state index contributed by atoms with van der Waals surface area (Å²) in [4.78, 5) is 29.0. The second kappa shape index (κ2) is 14.4. The molecule has 0 unspecified atom stereocenters. The number of methoxy groups -OCH3 is 1. The number of sulfonamides is 1. The van der Waals surface area contributed by atoms with Crippen LogP contribution in [-0.2, 0) is 26.2 Å². The van der Waals surface area contributed by atoms with Crippen LogP contribution in [0.2, 0.25) is 5.02 Å². The van der Waals surface area contributed by atoms with Crippen molar-refractivity contribution in [2.45, 2.75) is 62.6 Å². The fourth-order valence-corrected chi connectivity index (χ4v) is 7.12. The number of hydrogen-bond donors (Lipinski definition) is 1. The summed E-state index contributed by atoms with van der Waals surface area (Å²) >= 11 is 9.76. The molecule has 0 aliphatic heterocycles. The lowest BCUT2D eigenvalue weighted by atomic mass is 9.95. The van der Waals surface area contributed by atoms with E-state index < -0.39 is 28.5 Å². The summed E-state index contributed by atoms with van der Waals surface area (Å²) in [6, 6.07) is 19.1.